The second-order valence-electron chi connectivity index (χ2n) is 3.90. The van der Waals surface area contributed by atoms with Crippen LogP contribution in [0.3, 0.4) is 0 Å². The summed E-state index contributed by atoms with van der Waals surface area (Å²) in [5.74, 6) is -0.107. The molecule has 4 N–H and O–H groups in total. The fourth-order valence-corrected chi connectivity index (χ4v) is 1.91. The summed E-state index contributed by atoms with van der Waals surface area (Å²) in [5, 5.41) is 4.04. The molecule has 3 aromatic rings. The zero-order valence-electron chi connectivity index (χ0n) is 9.34. The maximum absolute atomic E-state index is 13.5. The number of nitrogens with two attached hydrogens (primary N) is 2. The summed E-state index contributed by atoms with van der Waals surface area (Å²) in [5.41, 5.74) is 13.5. The minimum Gasteiger partial charge on any atom is -0.396 e. The first-order valence-electron chi connectivity index (χ1n) is 5.30. The Bertz CT molecular complexity index is 734. The first-order chi connectivity index (χ1) is 8.66. The highest BCUT2D eigenvalue weighted by atomic mass is 19.1. The van der Waals surface area contributed by atoms with Crippen LogP contribution in [0.25, 0.3) is 16.6 Å². The van der Waals surface area contributed by atoms with Gasteiger partial charge in [-0.3, -0.25) is 0 Å². The van der Waals surface area contributed by atoms with Crippen molar-refractivity contribution >= 4 is 17.0 Å². The molecular formula is C12H10FN5. The molecule has 5 nitrogen and oxygen atoms in total. The van der Waals surface area contributed by atoms with Crippen LogP contribution in [0.15, 0.2) is 36.8 Å². The Morgan fingerprint density at radius 2 is 2.00 bits per heavy atom. The smallest absolute Gasteiger partial charge is 0.151 e. The zero-order chi connectivity index (χ0) is 12.7. The van der Waals surface area contributed by atoms with Crippen LogP contribution in [0.5, 0.6) is 0 Å². The molecule has 2 aromatic heterocycles. The highest BCUT2D eigenvalue weighted by Crippen LogP contribution is 2.29. The number of fused-ring (bicyclic) bond motifs is 1. The average molecular weight is 243 g/mol. The molecular weight excluding hydrogens is 233 g/mol. The first-order valence-corrected chi connectivity index (χ1v) is 5.30. The van der Waals surface area contributed by atoms with Gasteiger partial charge in [-0.05, 0) is 23.8 Å². The molecule has 0 bridgehead atoms. The molecule has 1 aromatic carbocycles. The molecule has 0 saturated heterocycles. The van der Waals surface area contributed by atoms with Gasteiger partial charge in [-0.1, -0.05) is 6.07 Å². The molecule has 0 aliphatic carbocycles. The van der Waals surface area contributed by atoms with Crippen LogP contribution < -0.4 is 11.5 Å². The van der Waals surface area contributed by atoms with Gasteiger partial charge >= 0.3 is 0 Å². The Hall–Kier alpha value is -2.63. The van der Waals surface area contributed by atoms with Gasteiger partial charge in [-0.25, -0.2) is 13.9 Å². The lowest BCUT2D eigenvalue weighted by Gasteiger charge is -2.04. The fraction of sp³-hybridized carbons (Fsp3) is 0. The molecule has 0 fully saturated rings. The van der Waals surface area contributed by atoms with E-state index in [9.17, 15) is 4.39 Å². The number of nitrogen functional groups attached to an aromatic ring is 2. The highest BCUT2D eigenvalue weighted by Gasteiger charge is 2.11. The summed E-state index contributed by atoms with van der Waals surface area (Å²) >= 11 is 0. The third-order valence-electron chi connectivity index (χ3n) is 2.79. The minimum absolute atomic E-state index is 0.117. The summed E-state index contributed by atoms with van der Waals surface area (Å²) in [4.78, 5) is 3.93. The van der Waals surface area contributed by atoms with E-state index in [1.54, 1.807) is 16.8 Å². The Labute approximate surface area is 102 Å². The van der Waals surface area contributed by atoms with E-state index in [4.69, 9.17) is 11.5 Å². The molecule has 0 radical (unpaired) electrons. The molecule has 0 aliphatic heterocycles. The molecule has 0 aliphatic rings. The summed E-state index contributed by atoms with van der Waals surface area (Å²) in [6, 6.07) is 6.44. The van der Waals surface area contributed by atoms with E-state index in [0.29, 0.717) is 16.9 Å². The molecule has 18 heavy (non-hydrogen) atoms. The van der Waals surface area contributed by atoms with E-state index in [2.05, 4.69) is 10.1 Å². The lowest BCUT2D eigenvalue weighted by atomic mass is 10.1. The minimum atomic E-state index is -0.456. The number of hydrogen-bond acceptors (Lipinski definition) is 4. The molecule has 0 saturated carbocycles. The van der Waals surface area contributed by atoms with E-state index in [0.717, 1.165) is 5.56 Å². The number of aromatic nitrogens is 3. The summed E-state index contributed by atoms with van der Waals surface area (Å²) in [6.07, 6.45) is 3.12. The van der Waals surface area contributed by atoms with Crippen molar-refractivity contribution in [1.29, 1.82) is 0 Å². The van der Waals surface area contributed by atoms with Crippen LogP contribution in [-0.4, -0.2) is 14.6 Å². The van der Waals surface area contributed by atoms with Crippen molar-refractivity contribution in [2.45, 2.75) is 0 Å². The standard InChI is InChI=1S/C12H10FN5/c13-9-5-7(1-2-10(9)14)8-3-4-18-11(8)12(15)16-6-17-18/h1-6H,14H2,(H2,15,16,17). The van der Waals surface area contributed by atoms with Crippen molar-refractivity contribution in [3.8, 4) is 11.1 Å². The normalized spacial score (nSPS) is 10.9. The topological polar surface area (TPSA) is 82.2 Å². The van der Waals surface area contributed by atoms with E-state index >= 15 is 0 Å². The Balaban J connectivity index is 2.28. The van der Waals surface area contributed by atoms with Gasteiger partial charge < -0.3 is 11.5 Å². The maximum atomic E-state index is 13.5. The molecule has 3 rings (SSSR count). The van der Waals surface area contributed by atoms with Crippen LogP contribution >= 0.6 is 0 Å². The van der Waals surface area contributed by atoms with Gasteiger partial charge in [-0.2, -0.15) is 5.10 Å². The highest BCUT2D eigenvalue weighted by molar-refractivity contribution is 5.87. The van der Waals surface area contributed by atoms with Crippen molar-refractivity contribution in [2.75, 3.05) is 11.5 Å². The van der Waals surface area contributed by atoms with E-state index < -0.39 is 5.82 Å². The fourth-order valence-electron chi connectivity index (χ4n) is 1.91. The molecule has 2 heterocycles. The molecule has 0 atom stereocenters. The largest absolute Gasteiger partial charge is 0.396 e. The van der Waals surface area contributed by atoms with Crippen LogP contribution in [-0.2, 0) is 0 Å². The van der Waals surface area contributed by atoms with Crippen molar-refractivity contribution in [3.05, 3.63) is 42.6 Å². The van der Waals surface area contributed by atoms with Gasteiger partial charge in [0.15, 0.2) is 5.82 Å². The van der Waals surface area contributed by atoms with Crippen molar-refractivity contribution in [1.82, 2.24) is 14.6 Å². The second-order valence-corrected chi connectivity index (χ2v) is 3.90. The third-order valence-corrected chi connectivity index (χ3v) is 2.79. The Morgan fingerprint density at radius 1 is 1.17 bits per heavy atom. The molecule has 0 amide bonds. The van der Waals surface area contributed by atoms with Crippen molar-refractivity contribution < 1.29 is 4.39 Å². The number of rotatable bonds is 1. The first kappa shape index (κ1) is 10.5. The van der Waals surface area contributed by atoms with Gasteiger partial charge in [0.2, 0.25) is 0 Å². The Morgan fingerprint density at radius 3 is 2.78 bits per heavy atom. The van der Waals surface area contributed by atoms with Crippen LogP contribution in [0.4, 0.5) is 15.9 Å². The quantitative estimate of drug-likeness (QED) is 0.637. The van der Waals surface area contributed by atoms with Crippen LogP contribution in [0.1, 0.15) is 0 Å². The number of benzene rings is 1. The predicted octanol–water partition coefficient (Wildman–Crippen LogP) is 1.70. The van der Waals surface area contributed by atoms with Gasteiger partial charge in [-0.15, -0.1) is 0 Å². The van der Waals surface area contributed by atoms with Gasteiger partial charge in [0.05, 0.1) is 5.69 Å². The summed E-state index contributed by atoms with van der Waals surface area (Å²) in [7, 11) is 0. The average Bonchev–Trinajstić information content (AvgIpc) is 2.78. The third kappa shape index (κ3) is 1.46. The lowest BCUT2D eigenvalue weighted by Crippen LogP contribution is -1.98. The zero-order valence-corrected chi connectivity index (χ0v) is 9.34. The number of anilines is 2. The Kier molecular flexibility index (Phi) is 2.16. The lowest BCUT2D eigenvalue weighted by molar-refractivity contribution is 0.633. The maximum Gasteiger partial charge on any atom is 0.151 e. The van der Waals surface area contributed by atoms with Gasteiger partial charge in [0.25, 0.3) is 0 Å². The number of nitrogens with zero attached hydrogens (tertiary/aromatic N) is 3. The van der Waals surface area contributed by atoms with Crippen LogP contribution in [0.2, 0.25) is 0 Å². The van der Waals surface area contributed by atoms with E-state index in [1.807, 2.05) is 6.07 Å². The summed E-state index contributed by atoms with van der Waals surface area (Å²) in [6.45, 7) is 0. The van der Waals surface area contributed by atoms with Gasteiger partial charge in [0, 0.05) is 11.8 Å². The van der Waals surface area contributed by atoms with Gasteiger partial charge in [0.1, 0.15) is 17.7 Å². The van der Waals surface area contributed by atoms with Crippen molar-refractivity contribution in [2.24, 2.45) is 0 Å². The second kappa shape index (κ2) is 3.69. The SMILES string of the molecule is Nc1ccc(-c2ccn3ncnc(N)c23)cc1F. The number of halogens is 1. The predicted molar refractivity (Wildman–Crippen MR) is 67.2 cm³/mol. The molecule has 90 valence electrons. The molecule has 0 unspecified atom stereocenters. The number of hydrogen-bond donors (Lipinski definition) is 2. The monoisotopic (exact) mass is 243 g/mol. The summed E-state index contributed by atoms with van der Waals surface area (Å²) < 4.78 is 15.1. The van der Waals surface area contributed by atoms with E-state index in [1.165, 1.54) is 18.5 Å². The van der Waals surface area contributed by atoms with Crippen molar-refractivity contribution in [3.63, 3.8) is 0 Å². The van der Waals surface area contributed by atoms with E-state index in [-0.39, 0.29) is 5.69 Å². The molecule has 6 heteroatoms. The molecule has 0 spiro atoms. The van der Waals surface area contributed by atoms with Crippen LogP contribution in [0, 0.1) is 5.82 Å².